The fourth-order valence-electron chi connectivity index (χ4n) is 2.84. The summed E-state index contributed by atoms with van der Waals surface area (Å²) in [5.74, 6) is -0.0169. The Morgan fingerprint density at radius 3 is 2.50 bits per heavy atom. The number of nitrogens with zero attached hydrogens (tertiary/aromatic N) is 1. The molecule has 1 aromatic rings. The van der Waals surface area contributed by atoms with E-state index in [1.807, 2.05) is 30.3 Å². The highest BCUT2D eigenvalue weighted by molar-refractivity contribution is 5.70. The van der Waals surface area contributed by atoms with E-state index in [0.29, 0.717) is 19.7 Å². The molecule has 1 aliphatic heterocycles. The van der Waals surface area contributed by atoms with Crippen molar-refractivity contribution in [1.29, 1.82) is 0 Å². The van der Waals surface area contributed by atoms with Crippen molar-refractivity contribution in [3.05, 3.63) is 35.9 Å². The number of nitrogens with one attached hydrogen (secondary N) is 1. The number of carbonyl (C=O) groups excluding carboxylic acids is 2. The summed E-state index contributed by atoms with van der Waals surface area (Å²) in [6.45, 7) is 6.89. The minimum Gasteiger partial charge on any atom is -0.445 e. The maximum Gasteiger partial charge on any atom is 0.410 e. The third kappa shape index (κ3) is 6.22. The first-order valence-electron chi connectivity index (χ1n) is 8.72. The van der Waals surface area contributed by atoms with E-state index in [2.05, 4.69) is 5.32 Å². The van der Waals surface area contributed by atoms with Crippen LogP contribution in [0.4, 0.5) is 9.59 Å². The van der Waals surface area contributed by atoms with Crippen molar-refractivity contribution in [2.75, 3.05) is 26.8 Å². The van der Waals surface area contributed by atoms with Crippen molar-refractivity contribution in [3.63, 3.8) is 0 Å². The molecule has 0 spiro atoms. The molecule has 0 aliphatic carbocycles. The van der Waals surface area contributed by atoms with Crippen LogP contribution in [0.15, 0.2) is 30.3 Å². The third-order valence-corrected chi connectivity index (χ3v) is 3.99. The quantitative estimate of drug-likeness (QED) is 0.869. The van der Waals surface area contributed by atoms with Gasteiger partial charge in [0, 0.05) is 26.1 Å². The van der Waals surface area contributed by atoms with Gasteiger partial charge in [-0.15, -0.1) is 0 Å². The van der Waals surface area contributed by atoms with E-state index in [4.69, 9.17) is 14.2 Å². The fourth-order valence-corrected chi connectivity index (χ4v) is 2.84. The maximum absolute atomic E-state index is 12.3. The summed E-state index contributed by atoms with van der Waals surface area (Å²) in [5, 5.41) is 2.84. The number of rotatable bonds is 5. The van der Waals surface area contributed by atoms with E-state index in [0.717, 1.165) is 5.56 Å². The molecule has 0 bridgehead atoms. The predicted octanol–water partition coefficient (Wildman–Crippen LogP) is 2.79. The Kier molecular flexibility index (Phi) is 6.85. The van der Waals surface area contributed by atoms with Crippen LogP contribution < -0.4 is 5.32 Å². The van der Waals surface area contributed by atoms with E-state index in [-0.39, 0.29) is 18.6 Å². The van der Waals surface area contributed by atoms with E-state index < -0.39 is 17.8 Å². The second-order valence-electron chi connectivity index (χ2n) is 7.41. The average Bonchev–Trinajstić information content (AvgIpc) is 2.95. The first-order chi connectivity index (χ1) is 12.3. The summed E-state index contributed by atoms with van der Waals surface area (Å²) in [5.41, 5.74) is 0.352. The smallest absolute Gasteiger partial charge is 0.410 e. The molecule has 2 rings (SSSR count). The highest BCUT2D eigenvalue weighted by Crippen LogP contribution is 2.20. The van der Waals surface area contributed by atoms with Crippen LogP contribution in [0.25, 0.3) is 0 Å². The number of hydrogen-bond donors (Lipinski definition) is 1. The molecule has 1 N–H and O–H groups in total. The van der Waals surface area contributed by atoms with Crippen molar-refractivity contribution in [2.24, 2.45) is 5.92 Å². The number of ether oxygens (including phenoxy) is 3. The van der Waals surface area contributed by atoms with E-state index in [1.165, 1.54) is 0 Å². The van der Waals surface area contributed by atoms with Crippen LogP contribution in [0.2, 0.25) is 0 Å². The molecule has 0 radical (unpaired) electrons. The fraction of sp³-hybridized carbons (Fsp3) is 0.579. The van der Waals surface area contributed by atoms with Crippen LogP contribution in [-0.2, 0) is 20.8 Å². The number of amides is 2. The Bertz CT molecular complexity index is 600. The molecule has 1 heterocycles. The van der Waals surface area contributed by atoms with Crippen molar-refractivity contribution < 1.29 is 23.8 Å². The average molecular weight is 364 g/mol. The van der Waals surface area contributed by atoms with Gasteiger partial charge in [-0.3, -0.25) is 0 Å². The van der Waals surface area contributed by atoms with Gasteiger partial charge in [-0.2, -0.15) is 0 Å². The molecular weight excluding hydrogens is 336 g/mol. The second kappa shape index (κ2) is 8.89. The molecule has 1 aliphatic rings. The molecule has 1 saturated heterocycles. The lowest BCUT2D eigenvalue weighted by Gasteiger charge is -2.23. The normalized spacial score (nSPS) is 19.9. The molecule has 1 aromatic carbocycles. The number of benzene rings is 1. The molecule has 7 heteroatoms. The monoisotopic (exact) mass is 364 g/mol. The van der Waals surface area contributed by atoms with Gasteiger partial charge in [0.2, 0.25) is 0 Å². The summed E-state index contributed by atoms with van der Waals surface area (Å²) in [7, 11) is 1.60. The Balaban J connectivity index is 1.90. The first-order valence-corrected chi connectivity index (χ1v) is 8.72. The topological polar surface area (TPSA) is 77.1 Å². The molecule has 2 atom stereocenters. The van der Waals surface area contributed by atoms with Gasteiger partial charge in [-0.05, 0) is 26.3 Å². The number of carbonyl (C=O) groups is 2. The van der Waals surface area contributed by atoms with Crippen LogP contribution in [0.1, 0.15) is 26.3 Å². The largest absolute Gasteiger partial charge is 0.445 e. The molecule has 1 fully saturated rings. The molecule has 144 valence electrons. The second-order valence-corrected chi connectivity index (χ2v) is 7.41. The van der Waals surface area contributed by atoms with Gasteiger partial charge in [0.05, 0.1) is 12.6 Å². The van der Waals surface area contributed by atoms with Crippen molar-refractivity contribution in [2.45, 2.75) is 39.0 Å². The lowest BCUT2D eigenvalue weighted by Crippen LogP contribution is -2.44. The van der Waals surface area contributed by atoms with Gasteiger partial charge in [0.25, 0.3) is 0 Å². The van der Waals surface area contributed by atoms with Crippen LogP contribution >= 0.6 is 0 Å². The molecule has 0 aromatic heterocycles. The third-order valence-electron chi connectivity index (χ3n) is 3.99. The Hall–Kier alpha value is -2.28. The summed E-state index contributed by atoms with van der Waals surface area (Å²) in [6.07, 6.45) is -0.897. The maximum atomic E-state index is 12.3. The molecular formula is C19H28N2O5. The lowest BCUT2D eigenvalue weighted by molar-refractivity contribution is 0.0479. The predicted molar refractivity (Wildman–Crippen MR) is 96.7 cm³/mol. The zero-order valence-corrected chi connectivity index (χ0v) is 15.9. The Labute approximate surface area is 154 Å². The molecule has 0 saturated carbocycles. The van der Waals surface area contributed by atoms with Crippen molar-refractivity contribution in [3.8, 4) is 0 Å². The van der Waals surface area contributed by atoms with Gasteiger partial charge >= 0.3 is 12.2 Å². The van der Waals surface area contributed by atoms with Gasteiger partial charge in [-0.1, -0.05) is 30.3 Å². The lowest BCUT2D eigenvalue weighted by atomic mass is 10.1. The molecule has 7 nitrogen and oxygen atoms in total. The van der Waals surface area contributed by atoms with Crippen LogP contribution in [-0.4, -0.2) is 55.5 Å². The van der Waals surface area contributed by atoms with Gasteiger partial charge in [-0.25, -0.2) is 9.59 Å². The summed E-state index contributed by atoms with van der Waals surface area (Å²) >= 11 is 0. The minimum absolute atomic E-state index is 0.0169. The van der Waals surface area contributed by atoms with Gasteiger partial charge in [0.1, 0.15) is 12.2 Å². The molecule has 2 amide bonds. The van der Waals surface area contributed by atoms with E-state index >= 15 is 0 Å². The number of likely N-dealkylation sites (tertiary alicyclic amines) is 1. The first kappa shape index (κ1) is 20.0. The van der Waals surface area contributed by atoms with Crippen molar-refractivity contribution in [1.82, 2.24) is 10.2 Å². The molecule has 0 unspecified atom stereocenters. The summed E-state index contributed by atoms with van der Waals surface area (Å²) < 4.78 is 15.9. The standard InChI is InChI=1S/C19H28N2O5/c1-19(2,3)26-17(22)20-16-11-21(10-15(16)13-24-4)18(23)25-12-14-8-6-5-7-9-14/h5-9,15-16H,10-13H2,1-4H3,(H,20,22)/t15-,16+/m1/s1. The van der Waals surface area contributed by atoms with E-state index in [1.54, 1.807) is 32.8 Å². The summed E-state index contributed by atoms with van der Waals surface area (Å²) in [6, 6.07) is 9.26. The zero-order valence-electron chi connectivity index (χ0n) is 15.9. The van der Waals surface area contributed by atoms with Crippen LogP contribution in [0, 0.1) is 5.92 Å². The van der Waals surface area contributed by atoms with Gasteiger partial charge < -0.3 is 24.4 Å². The van der Waals surface area contributed by atoms with Gasteiger partial charge in [0.15, 0.2) is 0 Å². The van der Waals surface area contributed by atoms with E-state index in [9.17, 15) is 9.59 Å². The molecule has 26 heavy (non-hydrogen) atoms. The number of methoxy groups -OCH3 is 1. The Morgan fingerprint density at radius 1 is 1.19 bits per heavy atom. The number of hydrogen-bond acceptors (Lipinski definition) is 5. The van der Waals surface area contributed by atoms with Crippen LogP contribution in [0.5, 0.6) is 0 Å². The van der Waals surface area contributed by atoms with Crippen molar-refractivity contribution >= 4 is 12.2 Å². The minimum atomic E-state index is -0.576. The van der Waals surface area contributed by atoms with Crippen LogP contribution in [0.3, 0.4) is 0 Å². The summed E-state index contributed by atoms with van der Waals surface area (Å²) in [4.78, 5) is 26.0. The highest BCUT2D eigenvalue weighted by Gasteiger charge is 2.37. The zero-order chi connectivity index (χ0) is 19.2. The number of alkyl carbamates (subject to hydrolysis) is 1. The SMILES string of the molecule is COC[C@H]1CN(C(=O)OCc2ccccc2)C[C@@H]1NC(=O)OC(C)(C)C. The Morgan fingerprint density at radius 2 is 1.88 bits per heavy atom. The highest BCUT2D eigenvalue weighted by atomic mass is 16.6.